The molecule has 4 atom stereocenters. The molecule has 3 aromatic rings. The number of nitro benzene ring substituents is 1. The van der Waals surface area contributed by atoms with Gasteiger partial charge in [0.2, 0.25) is 0 Å². The summed E-state index contributed by atoms with van der Waals surface area (Å²) in [5.41, 5.74) is 5.65. The van der Waals surface area contributed by atoms with Gasteiger partial charge in [-0.2, -0.15) is 10.1 Å². The second-order valence-electron chi connectivity index (χ2n) is 9.75. The minimum absolute atomic E-state index is 0.0627. The van der Waals surface area contributed by atoms with Crippen molar-refractivity contribution in [2.45, 2.75) is 20.3 Å². The van der Waals surface area contributed by atoms with Crippen molar-refractivity contribution in [1.82, 2.24) is 9.58 Å². The van der Waals surface area contributed by atoms with Crippen LogP contribution in [0.1, 0.15) is 23.4 Å². The molecule has 1 saturated carbocycles. The highest BCUT2D eigenvalue weighted by molar-refractivity contribution is 6.06. The van der Waals surface area contributed by atoms with Crippen molar-refractivity contribution in [1.29, 1.82) is 0 Å². The molecule has 1 saturated heterocycles. The van der Waals surface area contributed by atoms with Crippen LogP contribution in [0.25, 0.3) is 16.8 Å². The summed E-state index contributed by atoms with van der Waals surface area (Å²) in [5, 5.41) is 16.3. The Kier molecular flexibility index (Phi) is 5.00. The number of carbonyl (C=O) groups is 2. The number of amides is 2. The van der Waals surface area contributed by atoms with E-state index in [9.17, 15) is 19.7 Å². The summed E-state index contributed by atoms with van der Waals surface area (Å²) in [4.78, 5) is 36.3. The fourth-order valence-electron chi connectivity index (χ4n) is 6.01. The molecule has 0 unspecified atom stereocenters. The zero-order chi connectivity index (χ0) is 25.1. The van der Waals surface area contributed by atoms with E-state index in [1.54, 1.807) is 18.3 Å². The lowest BCUT2D eigenvalue weighted by atomic mass is 9.85. The number of nitrogens with zero attached hydrogens (tertiary/aromatic N) is 4. The standard InChI is InChI=1S/C28H24N4O4/c1-16-13-22(15-29-31-27(33)25-20-3-4-21(14-20)26(25)28(31)34)17(2)30(16)23-9-5-18(6-10-23)19-7-11-24(12-8-19)32(35)36/h3-13,15,20-21,25-26H,14H2,1-2H3/b29-15-/t20-,21-,25-,26-/m0/s1. The molecule has 0 spiro atoms. The molecular weight excluding hydrogens is 456 g/mol. The van der Waals surface area contributed by atoms with Gasteiger partial charge in [-0.3, -0.25) is 19.7 Å². The summed E-state index contributed by atoms with van der Waals surface area (Å²) in [6, 6.07) is 16.4. The summed E-state index contributed by atoms with van der Waals surface area (Å²) >= 11 is 0. The monoisotopic (exact) mass is 480 g/mol. The number of hydrogen-bond donors (Lipinski definition) is 0. The second-order valence-corrected chi connectivity index (χ2v) is 9.75. The average Bonchev–Trinajstić information content (AvgIpc) is 3.62. The summed E-state index contributed by atoms with van der Waals surface area (Å²) in [5.74, 6) is -0.563. The third kappa shape index (κ3) is 3.32. The van der Waals surface area contributed by atoms with Crippen molar-refractivity contribution < 1.29 is 14.5 Å². The Balaban J connectivity index is 1.23. The number of hydrazone groups is 1. The van der Waals surface area contributed by atoms with E-state index in [-0.39, 0.29) is 41.2 Å². The Bertz CT molecular complexity index is 1440. The number of fused-ring (bicyclic) bond motifs is 5. The molecule has 2 aliphatic carbocycles. The van der Waals surface area contributed by atoms with Gasteiger partial charge in [-0.25, -0.2) is 0 Å². The molecular formula is C28H24N4O4. The van der Waals surface area contributed by atoms with Crippen LogP contribution in [0.3, 0.4) is 0 Å². The molecule has 2 bridgehead atoms. The average molecular weight is 481 g/mol. The molecule has 2 aromatic carbocycles. The van der Waals surface area contributed by atoms with Crippen molar-refractivity contribution in [3.05, 3.63) is 93.8 Å². The van der Waals surface area contributed by atoms with Crippen LogP contribution in [0.5, 0.6) is 0 Å². The number of allylic oxidation sites excluding steroid dienone is 2. The van der Waals surface area contributed by atoms with Gasteiger partial charge >= 0.3 is 0 Å². The fraction of sp³-hybridized carbons (Fsp3) is 0.250. The Labute approximate surface area is 207 Å². The number of nitro groups is 1. The number of non-ortho nitro benzene ring substituents is 1. The second kappa shape index (κ2) is 8.12. The van der Waals surface area contributed by atoms with E-state index >= 15 is 0 Å². The van der Waals surface area contributed by atoms with E-state index < -0.39 is 4.92 Å². The number of rotatable bonds is 5. The Hall–Kier alpha value is -4.33. The van der Waals surface area contributed by atoms with Crippen LogP contribution in [-0.4, -0.2) is 32.5 Å². The molecule has 1 aliphatic heterocycles. The first-order valence-electron chi connectivity index (χ1n) is 12.0. The molecule has 2 fully saturated rings. The first-order chi connectivity index (χ1) is 17.3. The molecule has 36 heavy (non-hydrogen) atoms. The number of imide groups is 1. The third-order valence-electron chi connectivity index (χ3n) is 7.77. The minimum atomic E-state index is -0.409. The van der Waals surface area contributed by atoms with Crippen LogP contribution in [0, 0.1) is 47.6 Å². The number of benzene rings is 2. The normalized spacial score (nSPS) is 24.3. The Morgan fingerprint density at radius 3 is 2.03 bits per heavy atom. The van der Waals surface area contributed by atoms with Crippen molar-refractivity contribution in [3.63, 3.8) is 0 Å². The van der Waals surface area contributed by atoms with Crippen LogP contribution in [0.15, 0.2) is 71.9 Å². The van der Waals surface area contributed by atoms with E-state index in [1.807, 2.05) is 44.2 Å². The number of aryl methyl sites for hydroxylation is 1. The van der Waals surface area contributed by atoms with Crippen LogP contribution in [-0.2, 0) is 9.59 Å². The largest absolute Gasteiger partial charge is 0.318 e. The van der Waals surface area contributed by atoms with E-state index in [2.05, 4.69) is 21.8 Å². The van der Waals surface area contributed by atoms with Gasteiger partial charge in [0.05, 0.1) is 23.0 Å². The van der Waals surface area contributed by atoms with Crippen LogP contribution < -0.4 is 0 Å². The number of aromatic nitrogens is 1. The number of hydrogen-bond acceptors (Lipinski definition) is 5. The smallest absolute Gasteiger partial charge is 0.269 e. The maximum absolute atomic E-state index is 12.9. The molecule has 0 N–H and O–H groups in total. The van der Waals surface area contributed by atoms with Gasteiger partial charge in [0.25, 0.3) is 17.5 Å². The van der Waals surface area contributed by atoms with Gasteiger partial charge in [0.1, 0.15) is 0 Å². The lowest BCUT2D eigenvalue weighted by Crippen LogP contribution is -2.28. The van der Waals surface area contributed by atoms with Crippen LogP contribution in [0.2, 0.25) is 0 Å². The molecule has 0 radical (unpaired) electrons. The lowest BCUT2D eigenvalue weighted by Gasteiger charge is -2.13. The van der Waals surface area contributed by atoms with E-state index in [0.29, 0.717) is 0 Å². The van der Waals surface area contributed by atoms with Gasteiger partial charge in [-0.15, -0.1) is 0 Å². The minimum Gasteiger partial charge on any atom is -0.318 e. The highest BCUT2D eigenvalue weighted by Gasteiger charge is 2.59. The van der Waals surface area contributed by atoms with Gasteiger partial charge in [0, 0.05) is 34.8 Å². The molecule has 2 amide bonds. The highest BCUT2D eigenvalue weighted by Crippen LogP contribution is 2.52. The molecule has 2 heterocycles. The summed E-state index contributed by atoms with van der Waals surface area (Å²) in [6.45, 7) is 3.97. The zero-order valence-electron chi connectivity index (χ0n) is 19.9. The zero-order valence-corrected chi connectivity index (χ0v) is 19.9. The quantitative estimate of drug-likeness (QED) is 0.172. The summed E-state index contributed by atoms with van der Waals surface area (Å²) in [6.07, 6.45) is 6.65. The molecule has 6 rings (SSSR count). The van der Waals surface area contributed by atoms with E-state index in [1.165, 1.54) is 12.1 Å². The van der Waals surface area contributed by atoms with E-state index in [0.717, 1.165) is 45.2 Å². The van der Waals surface area contributed by atoms with Crippen LogP contribution >= 0.6 is 0 Å². The molecule has 8 heteroatoms. The number of carbonyl (C=O) groups excluding carboxylic acids is 2. The molecule has 1 aromatic heterocycles. The highest BCUT2D eigenvalue weighted by atomic mass is 16.6. The lowest BCUT2D eigenvalue weighted by molar-refractivity contribution is -0.384. The van der Waals surface area contributed by atoms with Crippen molar-refractivity contribution in [2.24, 2.45) is 28.8 Å². The maximum atomic E-state index is 12.9. The SMILES string of the molecule is Cc1cc(/C=N\N2C(=O)[C@@H]3[C@@H](C2=O)[C@H]2C=C[C@H]3C2)c(C)n1-c1ccc(-c2ccc([N+](=O)[O-])cc2)cc1. The predicted octanol–water partition coefficient (Wildman–Crippen LogP) is 4.81. The fourth-order valence-corrected chi connectivity index (χ4v) is 6.01. The predicted molar refractivity (Wildman–Crippen MR) is 134 cm³/mol. The topological polar surface area (TPSA) is 97.8 Å². The molecule has 180 valence electrons. The van der Waals surface area contributed by atoms with Crippen LogP contribution in [0.4, 0.5) is 5.69 Å². The first-order valence-corrected chi connectivity index (χ1v) is 12.0. The van der Waals surface area contributed by atoms with Crippen molar-refractivity contribution >= 4 is 23.7 Å². The molecule has 8 nitrogen and oxygen atoms in total. The third-order valence-corrected chi connectivity index (χ3v) is 7.77. The van der Waals surface area contributed by atoms with Gasteiger partial charge in [0.15, 0.2) is 0 Å². The van der Waals surface area contributed by atoms with Gasteiger partial charge < -0.3 is 4.57 Å². The Morgan fingerprint density at radius 1 is 0.917 bits per heavy atom. The Morgan fingerprint density at radius 2 is 1.47 bits per heavy atom. The maximum Gasteiger partial charge on any atom is 0.269 e. The van der Waals surface area contributed by atoms with Crippen molar-refractivity contribution in [3.8, 4) is 16.8 Å². The van der Waals surface area contributed by atoms with Gasteiger partial charge in [-0.1, -0.05) is 24.3 Å². The first kappa shape index (κ1) is 22.2. The van der Waals surface area contributed by atoms with Crippen molar-refractivity contribution in [2.75, 3.05) is 0 Å². The summed E-state index contributed by atoms with van der Waals surface area (Å²) in [7, 11) is 0. The summed E-state index contributed by atoms with van der Waals surface area (Å²) < 4.78 is 2.09. The van der Waals surface area contributed by atoms with Gasteiger partial charge in [-0.05, 0) is 73.6 Å². The molecule has 3 aliphatic rings. The van der Waals surface area contributed by atoms with E-state index in [4.69, 9.17) is 0 Å².